The molecule has 1 atom stereocenters. The monoisotopic (exact) mass is 411 g/mol. The zero-order valence-electron chi connectivity index (χ0n) is 14.6. The van der Waals surface area contributed by atoms with Gasteiger partial charge in [-0.2, -0.15) is 0 Å². The van der Waals surface area contributed by atoms with E-state index in [1.807, 2.05) is 0 Å². The molecule has 0 saturated carbocycles. The quantitative estimate of drug-likeness (QED) is 0.675. The average molecular weight is 412 g/mol. The Morgan fingerprint density at radius 1 is 1.19 bits per heavy atom. The molecule has 1 amide bonds. The van der Waals surface area contributed by atoms with Crippen molar-refractivity contribution in [3.8, 4) is 0 Å². The van der Waals surface area contributed by atoms with Crippen LogP contribution in [-0.2, 0) is 19.6 Å². The standard InChI is InChI=1S/C17H18ClN3O5S/c1-3-20-27(24,25)14-7-4-12(5-8-14)17(23)26-11(2)16(22)21-15-9-6-13(18)10-19-15/h4-11,20H,3H2,1-2H3,(H,19,21,22)/t11-/m1/s1. The molecule has 8 nitrogen and oxygen atoms in total. The van der Waals surface area contributed by atoms with E-state index in [1.54, 1.807) is 13.0 Å². The van der Waals surface area contributed by atoms with Crippen molar-refractivity contribution in [3.05, 3.63) is 53.2 Å². The Hall–Kier alpha value is -2.49. The molecule has 10 heteroatoms. The van der Waals surface area contributed by atoms with E-state index in [2.05, 4.69) is 15.0 Å². The van der Waals surface area contributed by atoms with E-state index in [-0.39, 0.29) is 22.8 Å². The Morgan fingerprint density at radius 2 is 1.85 bits per heavy atom. The fourth-order valence-corrected chi connectivity index (χ4v) is 3.16. The minimum atomic E-state index is -3.61. The number of benzene rings is 1. The van der Waals surface area contributed by atoms with Gasteiger partial charge < -0.3 is 10.1 Å². The number of amides is 1. The summed E-state index contributed by atoms with van der Waals surface area (Å²) in [6.07, 6.45) is 0.289. The van der Waals surface area contributed by atoms with Gasteiger partial charge in [-0.3, -0.25) is 4.79 Å². The van der Waals surface area contributed by atoms with Crippen molar-refractivity contribution < 1.29 is 22.7 Å². The molecule has 0 spiro atoms. The average Bonchev–Trinajstić information content (AvgIpc) is 2.63. The molecule has 0 fully saturated rings. The zero-order chi connectivity index (χ0) is 20.0. The Balaban J connectivity index is 1.99. The zero-order valence-corrected chi connectivity index (χ0v) is 16.2. The van der Waals surface area contributed by atoms with Crippen molar-refractivity contribution in [3.63, 3.8) is 0 Å². The van der Waals surface area contributed by atoms with Crippen LogP contribution in [0, 0.1) is 0 Å². The van der Waals surface area contributed by atoms with E-state index in [9.17, 15) is 18.0 Å². The fourth-order valence-electron chi connectivity index (χ4n) is 2.00. The van der Waals surface area contributed by atoms with Crippen LogP contribution in [0.4, 0.5) is 5.82 Å². The third kappa shape index (κ3) is 5.75. The lowest BCUT2D eigenvalue weighted by molar-refractivity contribution is -0.123. The number of nitrogens with zero attached hydrogens (tertiary/aromatic N) is 1. The number of nitrogens with one attached hydrogen (secondary N) is 2. The van der Waals surface area contributed by atoms with E-state index in [4.69, 9.17) is 16.3 Å². The van der Waals surface area contributed by atoms with Crippen LogP contribution in [0.15, 0.2) is 47.5 Å². The van der Waals surface area contributed by atoms with Crippen LogP contribution in [0.2, 0.25) is 5.02 Å². The Bertz CT molecular complexity index is 915. The number of carbonyl (C=O) groups is 2. The van der Waals surface area contributed by atoms with Gasteiger partial charge in [-0.05, 0) is 43.3 Å². The van der Waals surface area contributed by atoms with Gasteiger partial charge in [0.1, 0.15) is 5.82 Å². The first-order valence-electron chi connectivity index (χ1n) is 7.96. The highest BCUT2D eigenvalue weighted by Gasteiger charge is 2.20. The van der Waals surface area contributed by atoms with Crippen LogP contribution in [0.5, 0.6) is 0 Å². The highest BCUT2D eigenvalue weighted by Crippen LogP contribution is 2.13. The summed E-state index contributed by atoms with van der Waals surface area (Å²) in [7, 11) is -3.61. The highest BCUT2D eigenvalue weighted by atomic mass is 35.5. The summed E-state index contributed by atoms with van der Waals surface area (Å²) in [4.78, 5) is 28.2. The number of hydrogen-bond donors (Lipinski definition) is 2. The number of halogens is 1. The summed E-state index contributed by atoms with van der Waals surface area (Å²) >= 11 is 5.72. The second kappa shape index (κ2) is 8.94. The SMILES string of the molecule is CCNS(=O)(=O)c1ccc(C(=O)O[C@H](C)C(=O)Nc2ccc(Cl)cn2)cc1. The van der Waals surface area contributed by atoms with E-state index >= 15 is 0 Å². The van der Waals surface area contributed by atoms with Crippen molar-refractivity contribution in [1.29, 1.82) is 0 Å². The van der Waals surface area contributed by atoms with Gasteiger partial charge in [-0.15, -0.1) is 0 Å². The third-order valence-corrected chi connectivity index (χ3v) is 5.15. The molecule has 2 rings (SSSR count). The number of aromatic nitrogens is 1. The summed E-state index contributed by atoms with van der Waals surface area (Å²) in [5.41, 5.74) is 0.120. The van der Waals surface area contributed by atoms with Crippen LogP contribution in [-0.4, -0.2) is 37.9 Å². The largest absolute Gasteiger partial charge is 0.449 e. The lowest BCUT2D eigenvalue weighted by Crippen LogP contribution is -2.30. The van der Waals surface area contributed by atoms with Gasteiger partial charge in [-0.25, -0.2) is 22.9 Å². The van der Waals surface area contributed by atoms with Crippen molar-refractivity contribution in [1.82, 2.24) is 9.71 Å². The number of carbonyl (C=O) groups excluding carboxylic acids is 2. The Labute approximate surface area is 161 Å². The molecule has 0 saturated heterocycles. The van der Waals surface area contributed by atoms with E-state index < -0.39 is 28.0 Å². The van der Waals surface area contributed by atoms with Crippen LogP contribution in [0.3, 0.4) is 0 Å². The number of hydrogen-bond acceptors (Lipinski definition) is 6. The Morgan fingerprint density at radius 3 is 2.41 bits per heavy atom. The number of ether oxygens (including phenoxy) is 1. The molecule has 1 aromatic heterocycles. The molecule has 27 heavy (non-hydrogen) atoms. The molecule has 2 N–H and O–H groups in total. The van der Waals surface area contributed by atoms with Gasteiger partial charge in [0.05, 0.1) is 15.5 Å². The maximum Gasteiger partial charge on any atom is 0.338 e. The molecule has 0 aliphatic rings. The lowest BCUT2D eigenvalue weighted by atomic mass is 10.2. The molecular formula is C17H18ClN3O5S. The number of rotatable bonds is 7. The van der Waals surface area contributed by atoms with Crippen LogP contribution in [0.25, 0.3) is 0 Å². The summed E-state index contributed by atoms with van der Waals surface area (Å²) in [6.45, 7) is 3.32. The molecule has 0 unspecified atom stereocenters. The number of esters is 1. The van der Waals surface area contributed by atoms with Crippen LogP contribution >= 0.6 is 11.6 Å². The summed E-state index contributed by atoms with van der Waals surface area (Å²) < 4.78 is 31.2. The third-order valence-electron chi connectivity index (χ3n) is 3.37. The normalized spacial score (nSPS) is 12.3. The molecule has 0 aliphatic carbocycles. The van der Waals surface area contributed by atoms with E-state index in [0.717, 1.165) is 0 Å². The predicted molar refractivity (Wildman–Crippen MR) is 100 cm³/mol. The van der Waals surface area contributed by atoms with Crippen molar-refractivity contribution in [2.75, 3.05) is 11.9 Å². The molecule has 1 heterocycles. The first-order valence-corrected chi connectivity index (χ1v) is 9.82. The van der Waals surface area contributed by atoms with Gasteiger partial charge in [0.25, 0.3) is 5.91 Å². The lowest BCUT2D eigenvalue weighted by Gasteiger charge is -2.13. The summed E-state index contributed by atoms with van der Waals surface area (Å²) in [5.74, 6) is -1.05. The van der Waals surface area contributed by atoms with Gasteiger partial charge in [0.2, 0.25) is 10.0 Å². The summed E-state index contributed by atoms with van der Waals surface area (Å²) in [6, 6.07) is 8.28. The Kier molecular flexibility index (Phi) is 6.89. The molecule has 0 radical (unpaired) electrons. The molecule has 0 bridgehead atoms. The summed E-state index contributed by atoms with van der Waals surface area (Å²) in [5, 5.41) is 2.92. The minimum absolute atomic E-state index is 0.0282. The topological polar surface area (TPSA) is 114 Å². The van der Waals surface area contributed by atoms with Crippen LogP contribution in [0.1, 0.15) is 24.2 Å². The van der Waals surface area contributed by atoms with Crippen LogP contribution < -0.4 is 10.0 Å². The molecule has 0 aliphatic heterocycles. The smallest absolute Gasteiger partial charge is 0.338 e. The second-order valence-electron chi connectivity index (χ2n) is 5.42. The molecular weight excluding hydrogens is 394 g/mol. The fraction of sp³-hybridized carbons (Fsp3) is 0.235. The van der Waals surface area contributed by atoms with Gasteiger partial charge >= 0.3 is 5.97 Å². The molecule has 144 valence electrons. The van der Waals surface area contributed by atoms with Crippen molar-refractivity contribution >= 4 is 39.3 Å². The van der Waals surface area contributed by atoms with Gasteiger partial charge in [-0.1, -0.05) is 18.5 Å². The minimum Gasteiger partial charge on any atom is -0.449 e. The first-order chi connectivity index (χ1) is 12.7. The highest BCUT2D eigenvalue weighted by molar-refractivity contribution is 7.89. The van der Waals surface area contributed by atoms with Crippen molar-refractivity contribution in [2.45, 2.75) is 24.8 Å². The maximum absolute atomic E-state index is 12.1. The number of pyridine rings is 1. The van der Waals surface area contributed by atoms with E-state index in [0.29, 0.717) is 5.02 Å². The second-order valence-corrected chi connectivity index (χ2v) is 7.63. The van der Waals surface area contributed by atoms with Gasteiger partial charge in [0.15, 0.2) is 6.10 Å². The number of sulfonamides is 1. The maximum atomic E-state index is 12.1. The molecule has 2 aromatic rings. The van der Waals surface area contributed by atoms with Crippen molar-refractivity contribution in [2.24, 2.45) is 0 Å². The van der Waals surface area contributed by atoms with E-state index in [1.165, 1.54) is 43.5 Å². The number of anilines is 1. The first kappa shape index (κ1) is 20.8. The predicted octanol–water partition coefficient (Wildman–Crippen LogP) is 2.22. The van der Waals surface area contributed by atoms with Gasteiger partial charge in [0, 0.05) is 12.7 Å². The molecule has 1 aromatic carbocycles.